The molecule has 0 unspecified atom stereocenters. The molecule has 0 saturated carbocycles. The first kappa shape index (κ1) is 14.5. The molecule has 7 heteroatoms. The lowest BCUT2D eigenvalue weighted by molar-refractivity contribution is -0.117. The van der Waals surface area contributed by atoms with Gasteiger partial charge < -0.3 is 15.4 Å². The number of nitrogen functional groups attached to an aromatic ring is 1. The highest BCUT2D eigenvalue weighted by Crippen LogP contribution is 2.33. The molecular weight excluding hydrogens is 311 g/mol. The molecule has 122 valence electrons. The molecule has 24 heavy (non-hydrogen) atoms. The van der Waals surface area contributed by atoms with E-state index >= 15 is 0 Å². The van der Waals surface area contributed by atoms with E-state index in [1.165, 1.54) is 12.1 Å². The summed E-state index contributed by atoms with van der Waals surface area (Å²) in [6.45, 7) is 0.654. The fourth-order valence-corrected chi connectivity index (χ4v) is 2.85. The number of nitrogens with two attached hydrogens (primary N) is 1. The molecule has 3 aromatic rings. The molecule has 1 saturated heterocycles. The van der Waals surface area contributed by atoms with Gasteiger partial charge >= 0.3 is 0 Å². The van der Waals surface area contributed by atoms with Crippen LogP contribution < -0.4 is 15.4 Å². The molecule has 1 aliphatic heterocycles. The molecule has 1 fully saturated rings. The number of carbonyl (C=O) groups is 1. The molecule has 0 spiro atoms. The molecular formula is C17H15FN4O2. The number of amides is 1. The number of hydrogen-bond donors (Lipinski definition) is 1. The second-order valence-corrected chi connectivity index (χ2v) is 5.66. The maximum Gasteiger partial charge on any atom is 0.227 e. The number of anilines is 2. The Bertz CT molecular complexity index is 937. The average Bonchev–Trinajstić information content (AvgIpc) is 3.18. The maximum atomic E-state index is 14.0. The van der Waals surface area contributed by atoms with Crippen molar-refractivity contribution in [2.24, 2.45) is 0 Å². The number of hydrogen-bond acceptors (Lipinski definition) is 4. The van der Waals surface area contributed by atoms with Gasteiger partial charge in [-0.1, -0.05) is 0 Å². The van der Waals surface area contributed by atoms with Crippen LogP contribution in [-0.2, 0) is 4.79 Å². The van der Waals surface area contributed by atoms with Crippen molar-refractivity contribution in [3.8, 4) is 11.5 Å². The number of rotatable bonds is 3. The van der Waals surface area contributed by atoms with E-state index in [2.05, 4.69) is 5.10 Å². The maximum absolute atomic E-state index is 14.0. The van der Waals surface area contributed by atoms with Crippen molar-refractivity contribution in [3.63, 3.8) is 0 Å². The molecule has 1 aliphatic rings. The topological polar surface area (TPSA) is 72.9 Å². The van der Waals surface area contributed by atoms with Crippen molar-refractivity contribution < 1.29 is 13.9 Å². The van der Waals surface area contributed by atoms with Crippen LogP contribution in [-0.4, -0.2) is 22.1 Å². The molecule has 2 N–H and O–H groups in total. The second-order valence-electron chi connectivity index (χ2n) is 5.66. The molecule has 6 nitrogen and oxygen atoms in total. The molecule has 4 rings (SSSR count). The number of ether oxygens (including phenoxy) is 1. The number of halogens is 1. The van der Waals surface area contributed by atoms with Gasteiger partial charge in [0.1, 0.15) is 5.52 Å². The number of fused-ring (bicyclic) bond motifs is 1. The zero-order chi connectivity index (χ0) is 16.7. The van der Waals surface area contributed by atoms with Crippen LogP contribution in [0, 0.1) is 5.82 Å². The van der Waals surface area contributed by atoms with Crippen molar-refractivity contribution in [1.82, 2.24) is 9.61 Å². The SMILES string of the molecule is Nc1ccc(Oc2cc(N3CCCC3=O)cn3nccc23)c(F)c1. The van der Waals surface area contributed by atoms with E-state index in [1.807, 2.05) is 0 Å². The van der Waals surface area contributed by atoms with E-state index in [9.17, 15) is 9.18 Å². The summed E-state index contributed by atoms with van der Waals surface area (Å²) in [5.41, 5.74) is 7.25. The second kappa shape index (κ2) is 5.52. The highest BCUT2D eigenvalue weighted by Gasteiger charge is 2.23. The predicted octanol–water partition coefficient (Wildman–Crippen LogP) is 2.97. The molecule has 1 aromatic carbocycles. The van der Waals surface area contributed by atoms with Crippen molar-refractivity contribution >= 4 is 22.8 Å². The van der Waals surface area contributed by atoms with E-state index in [4.69, 9.17) is 10.5 Å². The van der Waals surface area contributed by atoms with Gasteiger partial charge in [0.25, 0.3) is 0 Å². The van der Waals surface area contributed by atoms with Gasteiger partial charge in [0, 0.05) is 30.8 Å². The lowest BCUT2D eigenvalue weighted by Gasteiger charge is -2.18. The van der Waals surface area contributed by atoms with Crippen LogP contribution >= 0.6 is 0 Å². The summed E-state index contributed by atoms with van der Waals surface area (Å²) in [4.78, 5) is 13.7. The first-order valence-corrected chi connectivity index (χ1v) is 7.62. The predicted molar refractivity (Wildman–Crippen MR) is 87.7 cm³/mol. The zero-order valence-corrected chi connectivity index (χ0v) is 12.8. The monoisotopic (exact) mass is 326 g/mol. The van der Waals surface area contributed by atoms with E-state index in [1.54, 1.807) is 40.0 Å². The van der Waals surface area contributed by atoms with Crippen molar-refractivity contribution in [2.75, 3.05) is 17.2 Å². The van der Waals surface area contributed by atoms with Crippen LogP contribution in [0.1, 0.15) is 12.8 Å². The average molecular weight is 326 g/mol. The summed E-state index contributed by atoms with van der Waals surface area (Å²) < 4.78 is 21.4. The Morgan fingerprint density at radius 3 is 2.83 bits per heavy atom. The third kappa shape index (κ3) is 2.44. The van der Waals surface area contributed by atoms with Crippen molar-refractivity contribution in [1.29, 1.82) is 0 Å². The molecule has 3 heterocycles. The fourth-order valence-electron chi connectivity index (χ4n) is 2.85. The van der Waals surface area contributed by atoms with E-state index in [-0.39, 0.29) is 11.7 Å². The van der Waals surface area contributed by atoms with Gasteiger partial charge in [-0.05, 0) is 24.6 Å². The highest BCUT2D eigenvalue weighted by molar-refractivity contribution is 5.95. The summed E-state index contributed by atoms with van der Waals surface area (Å²) >= 11 is 0. The third-order valence-electron chi connectivity index (χ3n) is 4.02. The molecule has 0 aliphatic carbocycles. The quantitative estimate of drug-likeness (QED) is 0.751. The van der Waals surface area contributed by atoms with Gasteiger partial charge in [-0.3, -0.25) is 4.79 Å². The number of aromatic nitrogens is 2. The lowest BCUT2D eigenvalue weighted by Crippen LogP contribution is -2.24. The van der Waals surface area contributed by atoms with Crippen LogP contribution in [0.5, 0.6) is 11.5 Å². The molecule has 0 bridgehead atoms. The summed E-state index contributed by atoms with van der Waals surface area (Å²) in [6.07, 6.45) is 4.74. The number of nitrogens with zero attached hydrogens (tertiary/aromatic N) is 3. The number of pyridine rings is 1. The Morgan fingerprint density at radius 2 is 2.08 bits per heavy atom. The smallest absolute Gasteiger partial charge is 0.227 e. The largest absolute Gasteiger partial charge is 0.452 e. The molecule has 0 radical (unpaired) electrons. The van der Waals surface area contributed by atoms with Crippen LogP contribution in [0.2, 0.25) is 0 Å². The Labute approximate surface area is 137 Å². The zero-order valence-electron chi connectivity index (χ0n) is 12.8. The minimum atomic E-state index is -0.546. The Kier molecular flexibility index (Phi) is 3.34. The number of benzene rings is 1. The van der Waals surface area contributed by atoms with Gasteiger partial charge in [-0.2, -0.15) is 5.10 Å². The highest BCUT2D eigenvalue weighted by atomic mass is 19.1. The molecule has 2 aromatic heterocycles. The molecule has 1 amide bonds. The summed E-state index contributed by atoms with van der Waals surface area (Å²) in [6, 6.07) is 7.75. The normalized spacial score (nSPS) is 14.5. The Balaban J connectivity index is 1.78. The van der Waals surface area contributed by atoms with E-state index in [0.29, 0.717) is 35.6 Å². The summed E-state index contributed by atoms with van der Waals surface area (Å²) in [7, 11) is 0. The summed E-state index contributed by atoms with van der Waals surface area (Å²) in [5.74, 6) is 0.00649. The van der Waals surface area contributed by atoms with Gasteiger partial charge in [0.2, 0.25) is 5.91 Å². The van der Waals surface area contributed by atoms with Crippen molar-refractivity contribution in [2.45, 2.75) is 12.8 Å². The Hall–Kier alpha value is -3.09. The summed E-state index contributed by atoms with van der Waals surface area (Å²) in [5, 5.41) is 4.20. The van der Waals surface area contributed by atoms with Gasteiger partial charge in [0.05, 0.1) is 18.1 Å². The lowest BCUT2D eigenvalue weighted by atomic mass is 10.3. The van der Waals surface area contributed by atoms with E-state index in [0.717, 1.165) is 6.42 Å². The Morgan fingerprint density at radius 1 is 1.21 bits per heavy atom. The minimum Gasteiger partial charge on any atom is -0.452 e. The first-order valence-electron chi connectivity index (χ1n) is 7.62. The minimum absolute atomic E-state index is 0.0612. The fraction of sp³-hybridized carbons (Fsp3) is 0.176. The van der Waals surface area contributed by atoms with Crippen LogP contribution in [0.15, 0.2) is 42.7 Å². The van der Waals surface area contributed by atoms with Gasteiger partial charge in [0.15, 0.2) is 17.3 Å². The standard InChI is InChI=1S/C17H15FN4O2/c18-13-8-11(19)3-4-15(13)24-16-9-12(21-7-1-2-17(21)23)10-22-14(16)5-6-20-22/h3-6,8-10H,1-2,7,19H2. The van der Waals surface area contributed by atoms with E-state index < -0.39 is 5.82 Å². The van der Waals surface area contributed by atoms with Crippen LogP contribution in [0.25, 0.3) is 5.52 Å². The van der Waals surface area contributed by atoms with Crippen molar-refractivity contribution in [3.05, 3.63) is 48.5 Å². The van der Waals surface area contributed by atoms with Crippen LogP contribution in [0.4, 0.5) is 15.8 Å². The molecule has 0 atom stereocenters. The van der Waals surface area contributed by atoms with Crippen LogP contribution in [0.3, 0.4) is 0 Å². The first-order chi connectivity index (χ1) is 11.6. The third-order valence-corrected chi connectivity index (χ3v) is 4.02. The number of carbonyl (C=O) groups excluding carboxylic acids is 1. The van der Waals surface area contributed by atoms with Gasteiger partial charge in [-0.25, -0.2) is 8.91 Å². The van der Waals surface area contributed by atoms with Gasteiger partial charge in [-0.15, -0.1) is 0 Å².